The van der Waals surface area contributed by atoms with Crippen LogP contribution in [-0.2, 0) is 11.8 Å². The highest BCUT2D eigenvalue weighted by Crippen LogP contribution is 2.15. The van der Waals surface area contributed by atoms with E-state index in [1.54, 1.807) is 5.01 Å². The molecule has 1 aromatic heterocycles. The predicted molar refractivity (Wildman–Crippen MR) is 59.7 cm³/mol. The fourth-order valence-electron chi connectivity index (χ4n) is 1.64. The van der Waals surface area contributed by atoms with Gasteiger partial charge in [-0.1, -0.05) is 0 Å². The first-order valence-electron chi connectivity index (χ1n) is 5.39. The first-order valence-corrected chi connectivity index (χ1v) is 5.39. The van der Waals surface area contributed by atoms with Gasteiger partial charge >= 0.3 is 5.69 Å². The third-order valence-electron chi connectivity index (χ3n) is 2.49. The number of carbonyl (C=O) groups excluding carboxylic acids is 1. The molecule has 2 rings (SSSR count). The van der Waals surface area contributed by atoms with Crippen LogP contribution < -0.4 is 5.43 Å². The number of aromatic nitrogens is 2. The van der Waals surface area contributed by atoms with E-state index < -0.39 is 10.8 Å². The number of aryl methyl sites for hydroxylation is 1. The predicted octanol–water partition coefficient (Wildman–Crippen LogP) is -0.695. The van der Waals surface area contributed by atoms with Crippen molar-refractivity contribution in [3.05, 3.63) is 22.0 Å². The maximum absolute atomic E-state index is 11.9. The average molecular weight is 255 g/mol. The minimum Gasteiger partial charge on any atom is -0.379 e. The molecule has 1 fully saturated rings. The van der Waals surface area contributed by atoms with Crippen molar-refractivity contribution in [3.63, 3.8) is 0 Å². The van der Waals surface area contributed by atoms with Crippen LogP contribution in [0.2, 0.25) is 0 Å². The molecule has 1 aliphatic rings. The van der Waals surface area contributed by atoms with Crippen molar-refractivity contribution in [2.75, 3.05) is 26.3 Å². The van der Waals surface area contributed by atoms with Crippen LogP contribution in [0.25, 0.3) is 0 Å². The largest absolute Gasteiger partial charge is 0.379 e. The molecule has 0 bridgehead atoms. The van der Waals surface area contributed by atoms with E-state index in [-0.39, 0.29) is 11.4 Å². The van der Waals surface area contributed by atoms with Gasteiger partial charge in [0.1, 0.15) is 6.20 Å². The van der Waals surface area contributed by atoms with Crippen molar-refractivity contribution in [2.24, 2.45) is 7.05 Å². The molecule has 0 unspecified atom stereocenters. The molecule has 0 saturated carbocycles. The highest BCUT2D eigenvalue weighted by atomic mass is 16.6. The first-order chi connectivity index (χ1) is 8.58. The van der Waals surface area contributed by atoms with Crippen LogP contribution in [0.3, 0.4) is 0 Å². The molecule has 2 heterocycles. The Hall–Kier alpha value is -2.00. The summed E-state index contributed by atoms with van der Waals surface area (Å²) in [6.07, 6.45) is 1.20. The highest BCUT2D eigenvalue weighted by molar-refractivity contribution is 5.95. The normalized spacial score (nSPS) is 16.5. The number of amides is 1. The molecular weight excluding hydrogens is 242 g/mol. The van der Waals surface area contributed by atoms with E-state index in [1.807, 2.05) is 0 Å². The SMILES string of the molecule is Cn1cc([N+](=O)[O-])c(C(=O)NN2CCOCC2)n1. The number of hydrazine groups is 1. The number of morpholine rings is 1. The lowest BCUT2D eigenvalue weighted by atomic mass is 10.3. The van der Waals surface area contributed by atoms with Crippen molar-refractivity contribution in [2.45, 2.75) is 0 Å². The molecule has 0 radical (unpaired) electrons. The second-order valence-electron chi connectivity index (χ2n) is 3.83. The summed E-state index contributed by atoms with van der Waals surface area (Å²) in [7, 11) is 1.53. The molecule has 9 heteroatoms. The van der Waals surface area contributed by atoms with Crippen LogP contribution in [0, 0.1) is 10.1 Å². The van der Waals surface area contributed by atoms with Crippen molar-refractivity contribution in [1.82, 2.24) is 20.2 Å². The number of nitrogens with zero attached hydrogens (tertiary/aromatic N) is 4. The quantitative estimate of drug-likeness (QED) is 0.566. The molecule has 1 aliphatic heterocycles. The van der Waals surface area contributed by atoms with E-state index >= 15 is 0 Å². The Kier molecular flexibility index (Phi) is 3.53. The number of hydrogen-bond acceptors (Lipinski definition) is 6. The van der Waals surface area contributed by atoms with Gasteiger partial charge in [0.15, 0.2) is 0 Å². The summed E-state index contributed by atoms with van der Waals surface area (Å²) in [6, 6.07) is 0. The number of carbonyl (C=O) groups is 1. The van der Waals surface area contributed by atoms with Crippen molar-refractivity contribution in [3.8, 4) is 0 Å². The lowest BCUT2D eigenvalue weighted by Gasteiger charge is -2.26. The summed E-state index contributed by atoms with van der Waals surface area (Å²) >= 11 is 0. The van der Waals surface area contributed by atoms with Crippen LogP contribution in [0.5, 0.6) is 0 Å². The van der Waals surface area contributed by atoms with Crippen LogP contribution in [-0.4, -0.2) is 51.9 Å². The maximum atomic E-state index is 11.9. The zero-order valence-electron chi connectivity index (χ0n) is 9.83. The van der Waals surface area contributed by atoms with Crippen molar-refractivity contribution >= 4 is 11.6 Å². The summed E-state index contributed by atoms with van der Waals surface area (Å²) in [5.74, 6) is -0.579. The smallest absolute Gasteiger partial charge is 0.320 e. The van der Waals surface area contributed by atoms with Gasteiger partial charge in [-0.25, -0.2) is 5.01 Å². The summed E-state index contributed by atoms with van der Waals surface area (Å²) in [6.45, 7) is 2.13. The Morgan fingerprint density at radius 2 is 2.22 bits per heavy atom. The third kappa shape index (κ3) is 2.63. The Bertz CT molecular complexity index is 466. The van der Waals surface area contributed by atoms with Gasteiger partial charge < -0.3 is 4.74 Å². The van der Waals surface area contributed by atoms with Crippen LogP contribution in [0.15, 0.2) is 6.20 Å². The van der Waals surface area contributed by atoms with Gasteiger partial charge in [-0.15, -0.1) is 0 Å². The lowest BCUT2D eigenvalue weighted by molar-refractivity contribution is -0.385. The van der Waals surface area contributed by atoms with E-state index in [0.29, 0.717) is 26.3 Å². The van der Waals surface area contributed by atoms with E-state index in [1.165, 1.54) is 17.9 Å². The Balaban J connectivity index is 2.10. The molecule has 1 amide bonds. The maximum Gasteiger partial charge on any atom is 0.320 e. The molecule has 0 spiro atoms. The van der Waals surface area contributed by atoms with Crippen LogP contribution in [0.1, 0.15) is 10.5 Å². The van der Waals surface area contributed by atoms with Gasteiger partial charge in [0.2, 0.25) is 5.69 Å². The Labute approximate surface area is 102 Å². The van der Waals surface area contributed by atoms with Gasteiger partial charge in [-0.3, -0.25) is 25.0 Å². The standard InChI is InChI=1S/C9H13N5O4/c1-12-6-7(14(16)17)8(10-12)9(15)11-13-2-4-18-5-3-13/h6H,2-5H2,1H3,(H,11,15). The number of nitro groups is 1. The van der Waals surface area contributed by atoms with Crippen molar-refractivity contribution < 1.29 is 14.5 Å². The lowest BCUT2D eigenvalue weighted by Crippen LogP contribution is -2.48. The second-order valence-corrected chi connectivity index (χ2v) is 3.83. The van der Waals surface area contributed by atoms with Gasteiger partial charge in [-0.2, -0.15) is 5.10 Å². The van der Waals surface area contributed by atoms with E-state index in [2.05, 4.69) is 10.5 Å². The second kappa shape index (κ2) is 5.10. The highest BCUT2D eigenvalue weighted by Gasteiger charge is 2.26. The van der Waals surface area contributed by atoms with E-state index in [4.69, 9.17) is 4.74 Å². The molecule has 0 aromatic carbocycles. The number of nitrogens with one attached hydrogen (secondary N) is 1. The average Bonchev–Trinajstić information content (AvgIpc) is 2.73. The molecule has 1 saturated heterocycles. The van der Waals surface area contributed by atoms with Gasteiger partial charge in [0, 0.05) is 20.1 Å². The van der Waals surface area contributed by atoms with Gasteiger partial charge in [-0.05, 0) is 0 Å². The monoisotopic (exact) mass is 255 g/mol. The van der Waals surface area contributed by atoms with Gasteiger partial charge in [0.05, 0.1) is 18.1 Å². The third-order valence-corrected chi connectivity index (χ3v) is 2.49. The Morgan fingerprint density at radius 1 is 1.56 bits per heavy atom. The van der Waals surface area contributed by atoms with E-state index in [0.717, 1.165) is 0 Å². The summed E-state index contributed by atoms with van der Waals surface area (Å²) in [5, 5.41) is 16.2. The minimum absolute atomic E-state index is 0.186. The summed E-state index contributed by atoms with van der Waals surface area (Å²) in [5.41, 5.74) is 2.09. The summed E-state index contributed by atoms with van der Waals surface area (Å²) < 4.78 is 6.37. The fourth-order valence-corrected chi connectivity index (χ4v) is 1.64. The van der Waals surface area contributed by atoms with Crippen molar-refractivity contribution in [1.29, 1.82) is 0 Å². The molecule has 1 aromatic rings. The summed E-state index contributed by atoms with van der Waals surface area (Å²) in [4.78, 5) is 22.0. The minimum atomic E-state index is -0.624. The number of hydrogen-bond donors (Lipinski definition) is 1. The molecule has 9 nitrogen and oxygen atoms in total. The first kappa shape index (κ1) is 12.5. The fraction of sp³-hybridized carbons (Fsp3) is 0.556. The zero-order chi connectivity index (χ0) is 13.1. The van der Waals surface area contributed by atoms with E-state index in [9.17, 15) is 14.9 Å². The molecule has 18 heavy (non-hydrogen) atoms. The topological polar surface area (TPSA) is 103 Å². The molecular formula is C9H13N5O4. The van der Waals surface area contributed by atoms with Gasteiger partial charge in [0.25, 0.3) is 5.91 Å². The van der Waals surface area contributed by atoms with Crippen LogP contribution in [0.4, 0.5) is 5.69 Å². The molecule has 1 N–H and O–H groups in total. The number of ether oxygens (including phenoxy) is 1. The zero-order valence-corrected chi connectivity index (χ0v) is 9.83. The number of rotatable bonds is 3. The molecule has 0 aliphatic carbocycles. The molecule has 98 valence electrons. The molecule has 0 atom stereocenters. The van der Waals surface area contributed by atoms with Crippen LogP contribution >= 0.6 is 0 Å². The Morgan fingerprint density at radius 3 is 2.83 bits per heavy atom.